The number of anilines is 2. The predicted molar refractivity (Wildman–Crippen MR) is 136 cm³/mol. The van der Waals surface area contributed by atoms with Gasteiger partial charge in [0.05, 0.1) is 18.0 Å². The van der Waals surface area contributed by atoms with Crippen LogP contribution in [0.2, 0.25) is 5.02 Å². The molecule has 0 saturated carbocycles. The van der Waals surface area contributed by atoms with E-state index in [1.165, 1.54) is 11.8 Å². The Morgan fingerprint density at radius 2 is 1.74 bits per heavy atom. The Morgan fingerprint density at radius 3 is 2.44 bits per heavy atom. The van der Waals surface area contributed by atoms with Crippen molar-refractivity contribution in [3.63, 3.8) is 0 Å². The molecule has 1 saturated heterocycles. The Labute approximate surface area is 208 Å². The number of rotatable bonds is 8. The van der Waals surface area contributed by atoms with Gasteiger partial charge < -0.3 is 15.5 Å². The van der Waals surface area contributed by atoms with E-state index in [4.69, 9.17) is 11.6 Å². The Hall–Kier alpha value is -3.04. The number of nitrogens with one attached hydrogen (secondary N) is 2. The lowest BCUT2D eigenvalue weighted by Crippen LogP contribution is -2.34. The normalized spacial score (nSPS) is 13.2. The van der Waals surface area contributed by atoms with Crippen LogP contribution in [0.25, 0.3) is 5.69 Å². The average molecular weight is 499 g/mol. The van der Waals surface area contributed by atoms with Gasteiger partial charge >= 0.3 is 0 Å². The molecular weight excluding hydrogens is 472 g/mol. The summed E-state index contributed by atoms with van der Waals surface area (Å²) in [6.07, 6.45) is 2.22. The summed E-state index contributed by atoms with van der Waals surface area (Å²) in [4.78, 5) is 27.0. The van der Waals surface area contributed by atoms with Crippen LogP contribution in [0.5, 0.6) is 0 Å². The lowest BCUT2D eigenvalue weighted by Gasteiger charge is -2.18. The molecule has 0 bridgehead atoms. The van der Waals surface area contributed by atoms with Gasteiger partial charge in [-0.25, -0.2) is 0 Å². The molecule has 0 aliphatic carbocycles. The maximum atomic E-state index is 12.5. The van der Waals surface area contributed by atoms with Crippen molar-refractivity contribution in [2.24, 2.45) is 0 Å². The molecule has 1 aliphatic rings. The molecular formula is C24H27ClN6O2S. The zero-order valence-electron chi connectivity index (χ0n) is 19.2. The van der Waals surface area contributed by atoms with Crippen LogP contribution in [0.15, 0.2) is 47.6 Å². The van der Waals surface area contributed by atoms with Crippen LogP contribution in [0.1, 0.15) is 24.0 Å². The highest BCUT2D eigenvalue weighted by atomic mass is 35.5. The van der Waals surface area contributed by atoms with E-state index >= 15 is 0 Å². The topological polar surface area (TPSA) is 92.2 Å². The summed E-state index contributed by atoms with van der Waals surface area (Å²) in [5, 5.41) is 15.5. The van der Waals surface area contributed by atoms with E-state index in [0.717, 1.165) is 54.4 Å². The molecule has 10 heteroatoms. The number of para-hydroxylation sites is 1. The van der Waals surface area contributed by atoms with Crippen molar-refractivity contribution in [2.45, 2.75) is 31.8 Å². The fourth-order valence-corrected chi connectivity index (χ4v) is 4.84. The number of amides is 2. The fraction of sp³-hybridized carbons (Fsp3) is 0.333. The fourth-order valence-electron chi connectivity index (χ4n) is 3.87. The molecule has 2 aromatic carbocycles. The number of aromatic nitrogens is 3. The second-order valence-electron chi connectivity index (χ2n) is 8.17. The Morgan fingerprint density at radius 1 is 1.03 bits per heavy atom. The number of hydrogen-bond donors (Lipinski definition) is 2. The van der Waals surface area contributed by atoms with E-state index in [0.29, 0.717) is 10.2 Å². The molecule has 0 radical (unpaired) electrons. The zero-order chi connectivity index (χ0) is 24.1. The van der Waals surface area contributed by atoms with Crippen molar-refractivity contribution in [1.29, 1.82) is 0 Å². The third-order valence-electron chi connectivity index (χ3n) is 5.60. The first-order valence-electron chi connectivity index (χ1n) is 11.1. The number of benzene rings is 2. The summed E-state index contributed by atoms with van der Waals surface area (Å²) >= 11 is 7.50. The lowest BCUT2D eigenvalue weighted by atomic mass is 10.1. The number of carbonyl (C=O) groups is 2. The monoisotopic (exact) mass is 498 g/mol. The number of nitrogens with zero attached hydrogens (tertiary/aromatic N) is 4. The smallest absolute Gasteiger partial charge is 0.243 e. The van der Waals surface area contributed by atoms with Crippen molar-refractivity contribution in [3.8, 4) is 5.69 Å². The van der Waals surface area contributed by atoms with Crippen LogP contribution in [0, 0.1) is 13.8 Å². The minimum absolute atomic E-state index is 0.104. The second-order valence-corrected chi connectivity index (χ2v) is 9.55. The van der Waals surface area contributed by atoms with Gasteiger partial charge in [0.2, 0.25) is 17.8 Å². The van der Waals surface area contributed by atoms with E-state index in [1.54, 1.807) is 0 Å². The minimum Gasteiger partial charge on any atom is -0.346 e. The van der Waals surface area contributed by atoms with Crippen LogP contribution in [0.4, 0.5) is 11.6 Å². The average Bonchev–Trinajstić information content (AvgIpc) is 3.48. The summed E-state index contributed by atoms with van der Waals surface area (Å²) in [6, 6.07) is 13.3. The lowest BCUT2D eigenvalue weighted by molar-refractivity contribution is -0.122. The zero-order valence-corrected chi connectivity index (χ0v) is 20.7. The second kappa shape index (κ2) is 10.9. The molecule has 1 aliphatic heterocycles. The number of thioether (sulfide) groups is 1. The summed E-state index contributed by atoms with van der Waals surface area (Å²) in [5.41, 5.74) is 3.57. The highest BCUT2D eigenvalue weighted by molar-refractivity contribution is 7.99. The van der Waals surface area contributed by atoms with Gasteiger partial charge in [-0.05, 0) is 56.0 Å². The van der Waals surface area contributed by atoms with Crippen LogP contribution in [0.3, 0.4) is 0 Å². The molecule has 34 heavy (non-hydrogen) atoms. The van der Waals surface area contributed by atoms with E-state index in [2.05, 4.69) is 25.7 Å². The van der Waals surface area contributed by atoms with Crippen LogP contribution in [-0.4, -0.2) is 52.0 Å². The van der Waals surface area contributed by atoms with Gasteiger partial charge in [-0.15, -0.1) is 10.2 Å². The molecule has 1 fully saturated rings. The number of hydrogen-bond acceptors (Lipinski definition) is 6. The van der Waals surface area contributed by atoms with Crippen molar-refractivity contribution >= 4 is 46.8 Å². The largest absolute Gasteiger partial charge is 0.346 e. The van der Waals surface area contributed by atoms with Gasteiger partial charge in [-0.3, -0.25) is 14.2 Å². The minimum atomic E-state index is -0.269. The van der Waals surface area contributed by atoms with Crippen molar-refractivity contribution < 1.29 is 9.59 Å². The molecule has 178 valence electrons. The van der Waals surface area contributed by atoms with E-state index in [1.807, 2.05) is 60.9 Å². The van der Waals surface area contributed by atoms with Gasteiger partial charge in [-0.2, -0.15) is 0 Å². The van der Waals surface area contributed by atoms with Gasteiger partial charge in [-0.1, -0.05) is 47.6 Å². The highest BCUT2D eigenvalue weighted by Crippen LogP contribution is 2.29. The summed E-state index contributed by atoms with van der Waals surface area (Å²) in [5.74, 6) is 0.324. The molecule has 2 N–H and O–H groups in total. The highest BCUT2D eigenvalue weighted by Gasteiger charge is 2.23. The maximum Gasteiger partial charge on any atom is 0.243 e. The molecule has 2 amide bonds. The van der Waals surface area contributed by atoms with Crippen molar-refractivity contribution in [3.05, 3.63) is 58.6 Å². The van der Waals surface area contributed by atoms with Gasteiger partial charge in [0.15, 0.2) is 5.16 Å². The van der Waals surface area contributed by atoms with Gasteiger partial charge in [0.25, 0.3) is 0 Å². The molecule has 8 nitrogen and oxygen atoms in total. The van der Waals surface area contributed by atoms with E-state index < -0.39 is 0 Å². The first kappa shape index (κ1) is 24.1. The number of aryl methyl sites for hydroxylation is 2. The molecule has 4 rings (SSSR count). The van der Waals surface area contributed by atoms with Crippen LogP contribution < -0.4 is 15.5 Å². The van der Waals surface area contributed by atoms with Crippen LogP contribution >= 0.6 is 23.4 Å². The summed E-state index contributed by atoms with van der Waals surface area (Å²) < 4.78 is 1.93. The molecule has 3 aromatic rings. The molecule has 1 aromatic heterocycles. The molecule has 0 spiro atoms. The van der Waals surface area contributed by atoms with Gasteiger partial charge in [0.1, 0.15) is 0 Å². The molecule has 0 unspecified atom stereocenters. The first-order valence-corrected chi connectivity index (χ1v) is 12.5. The summed E-state index contributed by atoms with van der Waals surface area (Å²) in [7, 11) is 0. The number of halogens is 1. The molecule has 0 atom stereocenters. The summed E-state index contributed by atoms with van der Waals surface area (Å²) in [6.45, 7) is 5.60. The third kappa shape index (κ3) is 5.71. The Balaban J connectivity index is 1.39. The van der Waals surface area contributed by atoms with Gasteiger partial charge in [0, 0.05) is 23.8 Å². The Kier molecular flexibility index (Phi) is 7.74. The first-order chi connectivity index (χ1) is 16.4. The third-order valence-corrected chi connectivity index (χ3v) is 6.76. The maximum absolute atomic E-state index is 12.5. The number of carbonyl (C=O) groups excluding carboxylic acids is 2. The predicted octanol–water partition coefficient (Wildman–Crippen LogP) is 3.98. The van der Waals surface area contributed by atoms with Crippen molar-refractivity contribution in [1.82, 2.24) is 20.1 Å². The van der Waals surface area contributed by atoms with E-state index in [-0.39, 0.29) is 24.1 Å². The quantitative estimate of drug-likeness (QED) is 0.456. The standard InChI is InChI=1S/C24H27ClN6O2S/c1-16-7-5-8-17(2)22(16)27-20(32)14-26-21(33)15-34-24-29-28-23(30-11-3-4-12-30)31(24)19-10-6-9-18(25)13-19/h5-10,13H,3-4,11-12,14-15H2,1-2H3,(H,26,33)(H,27,32). The Bertz CT molecular complexity index is 1170. The van der Waals surface area contributed by atoms with E-state index in [9.17, 15) is 9.59 Å². The SMILES string of the molecule is Cc1cccc(C)c1NC(=O)CNC(=O)CSc1nnc(N2CCCC2)n1-c1cccc(Cl)c1. The van der Waals surface area contributed by atoms with Crippen molar-refractivity contribution in [2.75, 3.05) is 35.6 Å². The van der Waals surface area contributed by atoms with Crippen LogP contribution in [-0.2, 0) is 9.59 Å². The molecule has 2 heterocycles.